The van der Waals surface area contributed by atoms with Gasteiger partial charge in [-0.05, 0) is 18.6 Å². The van der Waals surface area contributed by atoms with E-state index in [-0.39, 0.29) is 10.0 Å². The van der Waals surface area contributed by atoms with Gasteiger partial charge in [-0.3, -0.25) is 0 Å². The molecule has 0 amide bonds. The first-order valence-electron chi connectivity index (χ1n) is 5.28. The average Bonchev–Trinajstić information content (AvgIpc) is 2.84. The van der Waals surface area contributed by atoms with E-state index >= 15 is 0 Å². The summed E-state index contributed by atoms with van der Waals surface area (Å²) in [5.41, 5.74) is 0.919. The highest BCUT2D eigenvalue weighted by Crippen LogP contribution is 2.26. The molecule has 1 atom stereocenters. The molecule has 1 N–H and O–H groups in total. The minimum absolute atomic E-state index is 0.0920. The van der Waals surface area contributed by atoms with Gasteiger partial charge in [-0.15, -0.1) is 5.10 Å². The monoisotopic (exact) mass is 289 g/mol. The molecule has 1 aromatic carbocycles. The molecular formula is C11H10Cl2FN3O. The van der Waals surface area contributed by atoms with Gasteiger partial charge in [0, 0.05) is 0 Å². The second-order valence-electron chi connectivity index (χ2n) is 3.74. The molecule has 0 aliphatic carbocycles. The largest absolute Gasteiger partial charge is 0.387 e. The quantitative estimate of drug-likeness (QED) is 0.883. The molecule has 4 nitrogen and oxygen atoms in total. The summed E-state index contributed by atoms with van der Waals surface area (Å²) in [5, 5.41) is 17.1. The van der Waals surface area contributed by atoms with Crippen molar-refractivity contribution in [1.29, 1.82) is 0 Å². The van der Waals surface area contributed by atoms with E-state index in [2.05, 4.69) is 10.3 Å². The van der Waals surface area contributed by atoms with E-state index < -0.39 is 11.9 Å². The minimum Gasteiger partial charge on any atom is -0.387 e. The Morgan fingerprint density at radius 3 is 2.56 bits per heavy atom. The number of halogens is 3. The lowest BCUT2D eigenvalue weighted by molar-refractivity contribution is 0.169. The van der Waals surface area contributed by atoms with Gasteiger partial charge in [0.2, 0.25) is 0 Å². The Bertz CT molecular complexity index is 550. The molecule has 1 unspecified atom stereocenters. The van der Waals surface area contributed by atoms with Crippen LogP contribution >= 0.6 is 23.2 Å². The normalized spacial score (nSPS) is 12.7. The number of aliphatic hydroxyl groups is 1. The number of benzene rings is 1. The maximum Gasteiger partial charge on any atom is 0.160 e. The van der Waals surface area contributed by atoms with Gasteiger partial charge >= 0.3 is 0 Å². The molecule has 0 bridgehead atoms. The summed E-state index contributed by atoms with van der Waals surface area (Å²) in [6.07, 6.45) is 1.41. The zero-order chi connectivity index (χ0) is 13.3. The molecule has 0 aliphatic rings. The van der Waals surface area contributed by atoms with E-state index in [1.165, 1.54) is 16.8 Å². The van der Waals surface area contributed by atoms with Crippen LogP contribution in [0.15, 0.2) is 18.3 Å². The van der Waals surface area contributed by atoms with Gasteiger partial charge in [0.25, 0.3) is 0 Å². The van der Waals surface area contributed by atoms with Gasteiger partial charge in [0.15, 0.2) is 5.82 Å². The Kier molecular flexibility index (Phi) is 3.85. The van der Waals surface area contributed by atoms with Crippen LogP contribution in [0.25, 0.3) is 5.69 Å². The van der Waals surface area contributed by atoms with Crippen molar-refractivity contribution in [3.63, 3.8) is 0 Å². The van der Waals surface area contributed by atoms with Gasteiger partial charge in [-0.2, -0.15) is 0 Å². The van der Waals surface area contributed by atoms with Gasteiger partial charge in [-0.25, -0.2) is 9.07 Å². The van der Waals surface area contributed by atoms with E-state index in [9.17, 15) is 9.50 Å². The molecule has 7 heteroatoms. The third-order valence-corrected chi connectivity index (χ3v) is 3.02. The predicted molar refractivity (Wildman–Crippen MR) is 66.6 cm³/mol. The number of aliphatic hydroxyl groups excluding tert-OH is 1. The van der Waals surface area contributed by atoms with Crippen LogP contribution in [0.5, 0.6) is 0 Å². The smallest absolute Gasteiger partial charge is 0.160 e. The average molecular weight is 290 g/mol. The van der Waals surface area contributed by atoms with Crippen molar-refractivity contribution in [2.75, 3.05) is 0 Å². The Morgan fingerprint density at radius 2 is 2.00 bits per heavy atom. The third kappa shape index (κ3) is 2.48. The van der Waals surface area contributed by atoms with E-state index in [1.807, 2.05) is 6.92 Å². The van der Waals surface area contributed by atoms with Crippen molar-refractivity contribution >= 4 is 23.2 Å². The molecule has 1 aromatic heterocycles. The zero-order valence-corrected chi connectivity index (χ0v) is 11.0. The molecule has 0 aliphatic heterocycles. The number of hydrogen-bond donors (Lipinski definition) is 1. The highest BCUT2D eigenvalue weighted by atomic mass is 35.5. The van der Waals surface area contributed by atoms with Crippen LogP contribution in [-0.4, -0.2) is 20.1 Å². The molecule has 0 radical (unpaired) electrons. The lowest BCUT2D eigenvalue weighted by Gasteiger charge is -2.04. The minimum atomic E-state index is -0.676. The summed E-state index contributed by atoms with van der Waals surface area (Å²) >= 11 is 11.4. The van der Waals surface area contributed by atoms with Crippen LogP contribution in [0.4, 0.5) is 4.39 Å². The van der Waals surface area contributed by atoms with Crippen molar-refractivity contribution in [2.24, 2.45) is 0 Å². The highest BCUT2D eigenvalue weighted by molar-refractivity contribution is 6.35. The van der Waals surface area contributed by atoms with Crippen molar-refractivity contribution in [3.05, 3.63) is 39.9 Å². The van der Waals surface area contributed by atoms with E-state index in [0.29, 0.717) is 17.8 Å². The summed E-state index contributed by atoms with van der Waals surface area (Å²) in [5.74, 6) is -0.670. The van der Waals surface area contributed by atoms with Crippen LogP contribution in [-0.2, 0) is 0 Å². The molecule has 2 rings (SSSR count). The maximum atomic E-state index is 13.3. The fraction of sp³-hybridized carbons (Fsp3) is 0.273. The fourth-order valence-electron chi connectivity index (χ4n) is 1.44. The number of aromatic nitrogens is 3. The van der Waals surface area contributed by atoms with Crippen LogP contribution in [0.1, 0.15) is 25.1 Å². The Balaban J connectivity index is 2.40. The summed E-state index contributed by atoms with van der Waals surface area (Å²) in [6.45, 7) is 1.83. The molecule has 96 valence electrons. The van der Waals surface area contributed by atoms with Crippen LogP contribution in [0.3, 0.4) is 0 Å². The predicted octanol–water partition coefficient (Wildman–Crippen LogP) is 3.16. The molecule has 1 heterocycles. The zero-order valence-electron chi connectivity index (χ0n) is 9.44. The second-order valence-corrected chi connectivity index (χ2v) is 4.55. The van der Waals surface area contributed by atoms with Crippen LogP contribution in [0.2, 0.25) is 10.0 Å². The molecular weight excluding hydrogens is 280 g/mol. The Labute approximate surface area is 113 Å². The first kappa shape index (κ1) is 13.3. The summed E-state index contributed by atoms with van der Waals surface area (Å²) in [7, 11) is 0. The molecule has 0 fully saturated rings. The van der Waals surface area contributed by atoms with Crippen molar-refractivity contribution in [2.45, 2.75) is 19.4 Å². The topological polar surface area (TPSA) is 50.9 Å². The second kappa shape index (κ2) is 5.22. The van der Waals surface area contributed by atoms with E-state index in [0.717, 1.165) is 0 Å². The first-order chi connectivity index (χ1) is 8.52. The van der Waals surface area contributed by atoms with Crippen molar-refractivity contribution < 1.29 is 9.50 Å². The van der Waals surface area contributed by atoms with Crippen molar-refractivity contribution in [1.82, 2.24) is 15.0 Å². The Morgan fingerprint density at radius 1 is 1.39 bits per heavy atom. The fourth-order valence-corrected chi connectivity index (χ4v) is 1.91. The van der Waals surface area contributed by atoms with Crippen molar-refractivity contribution in [3.8, 4) is 5.69 Å². The van der Waals surface area contributed by atoms with E-state index in [4.69, 9.17) is 23.2 Å². The first-order valence-corrected chi connectivity index (χ1v) is 6.03. The Hall–Kier alpha value is -1.17. The summed E-state index contributed by atoms with van der Waals surface area (Å²) in [6, 6.07) is 2.78. The molecule has 2 aromatic rings. The summed E-state index contributed by atoms with van der Waals surface area (Å²) < 4.78 is 14.6. The van der Waals surface area contributed by atoms with Gasteiger partial charge in [0.1, 0.15) is 5.69 Å². The SMILES string of the molecule is CCC(O)c1cn(-c2cc(Cl)c(F)c(Cl)c2)nn1. The maximum absolute atomic E-state index is 13.3. The highest BCUT2D eigenvalue weighted by Gasteiger charge is 2.13. The van der Waals surface area contributed by atoms with Gasteiger partial charge in [-0.1, -0.05) is 35.3 Å². The molecule has 18 heavy (non-hydrogen) atoms. The number of rotatable bonds is 3. The lowest BCUT2D eigenvalue weighted by atomic mass is 10.2. The third-order valence-electron chi connectivity index (χ3n) is 2.47. The van der Waals surface area contributed by atoms with Gasteiger partial charge in [0.05, 0.1) is 28.0 Å². The molecule has 0 saturated heterocycles. The van der Waals surface area contributed by atoms with Gasteiger partial charge < -0.3 is 5.11 Å². The number of nitrogens with zero attached hydrogens (tertiary/aromatic N) is 3. The standard InChI is InChI=1S/C11H10Cl2FN3O/c1-2-10(18)9-5-17(16-15-9)6-3-7(12)11(14)8(13)4-6/h3-5,10,18H,2H2,1H3. The lowest BCUT2D eigenvalue weighted by Crippen LogP contribution is -1.96. The molecule has 0 spiro atoms. The number of hydrogen-bond acceptors (Lipinski definition) is 3. The van der Waals surface area contributed by atoms with E-state index in [1.54, 1.807) is 6.20 Å². The summed E-state index contributed by atoms with van der Waals surface area (Å²) in [4.78, 5) is 0. The molecule has 0 saturated carbocycles. The van der Waals surface area contributed by atoms with Crippen LogP contribution in [0, 0.1) is 5.82 Å². The van der Waals surface area contributed by atoms with Crippen LogP contribution < -0.4 is 0 Å².